The van der Waals surface area contributed by atoms with Gasteiger partial charge in [0.25, 0.3) is 0 Å². The highest BCUT2D eigenvalue weighted by atomic mass is 16.6. The van der Waals surface area contributed by atoms with Gasteiger partial charge in [0.2, 0.25) is 0 Å². The lowest BCUT2D eigenvalue weighted by molar-refractivity contribution is -0.889. The number of nitrogens with zero attached hydrogens (tertiary/aromatic N) is 1. The fourth-order valence-corrected chi connectivity index (χ4v) is 7.41. The molecule has 0 aliphatic heterocycles. The molecule has 0 spiro atoms. The Bertz CT molecular complexity index is 1210. The fraction of sp³-hybridized carbons (Fsp3) is 0.764. The summed E-state index contributed by atoms with van der Waals surface area (Å²) in [5.41, 5.74) is 0. The Labute approximate surface area is 388 Å². The van der Waals surface area contributed by atoms with Crippen molar-refractivity contribution in [1.29, 1.82) is 0 Å². The predicted octanol–water partition coefficient (Wildman–Crippen LogP) is 13.6. The van der Waals surface area contributed by atoms with Gasteiger partial charge in [-0.05, 0) is 77.0 Å². The largest absolute Gasteiger partial charge is 0.544 e. The average Bonchev–Trinajstić information content (AvgIpc) is 3.24. The Balaban J connectivity index is 4.28. The molecule has 63 heavy (non-hydrogen) atoms. The van der Waals surface area contributed by atoms with Crippen molar-refractivity contribution in [2.24, 2.45) is 0 Å². The van der Waals surface area contributed by atoms with Crippen molar-refractivity contribution in [3.05, 3.63) is 60.8 Å². The minimum atomic E-state index is -1.13. The zero-order valence-electron chi connectivity index (χ0n) is 41.5. The number of likely N-dealkylation sites (N-methyl/N-ethyl adjacent to an activating group) is 1. The molecule has 0 rings (SSSR count). The first-order chi connectivity index (χ1) is 30.6. The van der Waals surface area contributed by atoms with Crippen molar-refractivity contribution in [3.63, 3.8) is 0 Å². The molecule has 0 saturated carbocycles. The van der Waals surface area contributed by atoms with E-state index >= 15 is 0 Å². The molecule has 0 heterocycles. The van der Waals surface area contributed by atoms with Gasteiger partial charge in [-0.2, -0.15) is 0 Å². The Morgan fingerprint density at radius 2 is 0.889 bits per heavy atom. The van der Waals surface area contributed by atoms with Gasteiger partial charge in [0, 0.05) is 19.3 Å². The molecule has 0 bridgehead atoms. The second-order valence-electron chi connectivity index (χ2n) is 18.4. The second-order valence-corrected chi connectivity index (χ2v) is 18.4. The van der Waals surface area contributed by atoms with E-state index in [2.05, 4.69) is 74.6 Å². The van der Waals surface area contributed by atoms with Gasteiger partial charge in [-0.3, -0.25) is 9.59 Å². The lowest BCUT2D eigenvalue weighted by Gasteiger charge is -2.34. The summed E-state index contributed by atoms with van der Waals surface area (Å²) >= 11 is 0. The minimum absolute atomic E-state index is 0.0321. The highest BCUT2D eigenvalue weighted by Gasteiger charge is 2.25. The third-order valence-corrected chi connectivity index (χ3v) is 11.4. The SMILES string of the molecule is CC/C=C/C/C=C/C/C=C/C/C=C/CCCCCCCCC(=O)OC(COCCC(C(=O)[O-])[N+](C)(C)C)COC(=O)CCCCCCCCC/C=C/CCCCCCCCCCC. The molecule has 364 valence electrons. The van der Waals surface area contributed by atoms with Gasteiger partial charge in [0.05, 0.1) is 40.3 Å². The Hall–Kier alpha value is -2.97. The van der Waals surface area contributed by atoms with Crippen molar-refractivity contribution in [2.45, 2.75) is 231 Å². The molecule has 0 radical (unpaired) electrons. The van der Waals surface area contributed by atoms with E-state index in [-0.39, 0.29) is 42.7 Å². The van der Waals surface area contributed by atoms with E-state index < -0.39 is 18.1 Å². The number of unbranched alkanes of at least 4 members (excludes halogenated alkanes) is 22. The van der Waals surface area contributed by atoms with Crippen LogP contribution in [0.2, 0.25) is 0 Å². The quantitative estimate of drug-likeness (QED) is 0.0260. The Morgan fingerprint density at radius 1 is 0.492 bits per heavy atom. The number of aliphatic carboxylic acids is 1. The maximum atomic E-state index is 12.8. The van der Waals surface area contributed by atoms with Crippen LogP contribution >= 0.6 is 0 Å². The summed E-state index contributed by atoms with van der Waals surface area (Å²) in [7, 11) is 5.41. The van der Waals surface area contributed by atoms with Crippen LogP contribution < -0.4 is 5.11 Å². The second kappa shape index (κ2) is 45.6. The van der Waals surface area contributed by atoms with Crippen LogP contribution in [0.1, 0.15) is 219 Å². The molecule has 8 heteroatoms. The first-order valence-electron chi connectivity index (χ1n) is 25.8. The van der Waals surface area contributed by atoms with Crippen molar-refractivity contribution >= 4 is 17.9 Å². The molecule has 2 atom stereocenters. The van der Waals surface area contributed by atoms with E-state index in [9.17, 15) is 19.5 Å². The summed E-state index contributed by atoms with van der Waals surface area (Å²) in [6, 6.07) is -0.732. The molecular weight excluding hydrogens is 787 g/mol. The number of hydrogen-bond acceptors (Lipinski definition) is 7. The van der Waals surface area contributed by atoms with Crippen LogP contribution in [-0.4, -0.2) is 75.5 Å². The summed E-state index contributed by atoms with van der Waals surface area (Å²) in [6.45, 7) is 4.55. The van der Waals surface area contributed by atoms with Crippen LogP contribution in [0.5, 0.6) is 0 Å². The number of ether oxygens (including phenoxy) is 3. The van der Waals surface area contributed by atoms with Gasteiger partial charge in [0.1, 0.15) is 12.6 Å². The molecule has 0 aromatic heterocycles. The molecule has 0 aliphatic rings. The number of carboxylic acid groups (broad SMARTS) is 1. The van der Waals surface area contributed by atoms with E-state index in [0.29, 0.717) is 12.8 Å². The van der Waals surface area contributed by atoms with Gasteiger partial charge in [-0.15, -0.1) is 0 Å². The smallest absolute Gasteiger partial charge is 0.306 e. The number of rotatable bonds is 46. The van der Waals surface area contributed by atoms with Crippen molar-refractivity contribution in [1.82, 2.24) is 0 Å². The molecular formula is C55H97NO7. The third-order valence-electron chi connectivity index (χ3n) is 11.4. The van der Waals surface area contributed by atoms with Crippen molar-refractivity contribution in [2.75, 3.05) is 41.0 Å². The molecule has 2 unspecified atom stereocenters. The van der Waals surface area contributed by atoms with Crippen LogP contribution in [0, 0.1) is 0 Å². The number of esters is 2. The topological polar surface area (TPSA) is 102 Å². The number of hydrogen-bond donors (Lipinski definition) is 0. The molecule has 0 aromatic rings. The average molecular weight is 884 g/mol. The first-order valence-corrected chi connectivity index (χ1v) is 25.8. The normalized spacial score (nSPS) is 13.3. The molecule has 0 aliphatic carbocycles. The van der Waals surface area contributed by atoms with E-state index in [1.54, 1.807) is 21.1 Å². The molecule has 8 nitrogen and oxygen atoms in total. The van der Waals surface area contributed by atoms with Crippen LogP contribution in [0.4, 0.5) is 0 Å². The van der Waals surface area contributed by atoms with Gasteiger partial charge in [-0.1, -0.05) is 184 Å². The molecule has 0 N–H and O–H groups in total. The lowest BCUT2D eigenvalue weighted by atomic mass is 10.1. The standard InChI is InChI=1S/C55H97NO7/c1-6-8-10-12-14-16-18-20-22-24-26-28-29-31-33-35-37-39-41-43-45-53(57)62-50-51(49-61-48-47-52(55(59)60)56(3,4)5)63-54(58)46-44-42-40-38-36-34-32-30-27-25-23-21-19-17-15-13-11-9-7-2/h9,11,15,17,21,23,26-28,30,51-52H,6-8,10,12-14,16,18-20,22,24-25,29,31-50H2,1-5H3/b11-9+,17-15+,23-21+,28-26+,30-27+. The maximum absolute atomic E-state index is 12.8. The maximum Gasteiger partial charge on any atom is 0.306 e. The van der Waals surface area contributed by atoms with Gasteiger partial charge in [0.15, 0.2) is 6.10 Å². The van der Waals surface area contributed by atoms with Crippen LogP contribution in [0.15, 0.2) is 60.8 Å². The zero-order chi connectivity index (χ0) is 46.3. The Morgan fingerprint density at radius 3 is 1.33 bits per heavy atom. The number of carbonyl (C=O) groups excluding carboxylic acids is 3. The molecule has 0 fully saturated rings. The summed E-state index contributed by atoms with van der Waals surface area (Å²) in [4.78, 5) is 37.0. The Kier molecular flexibility index (Phi) is 43.4. The first kappa shape index (κ1) is 60.0. The predicted molar refractivity (Wildman–Crippen MR) is 263 cm³/mol. The summed E-state index contributed by atoms with van der Waals surface area (Å²) in [5, 5.41) is 11.7. The van der Waals surface area contributed by atoms with Gasteiger partial charge >= 0.3 is 11.9 Å². The van der Waals surface area contributed by atoms with Crippen LogP contribution in [0.25, 0.3) is 0 Å². The number of carbonyl (C=O) groups is 3. The summed E-state index contributed by atoms with van der Waals surface area (Å²) in [5.74, 6) is -1.76. The van der Waals surface area contributed by atoms with Crippen molar-refractivity contribution in [3.8, 4) is 0 Å². The van der Waals surface area contributed by atoms with E-state index in [1.807, 2.05) is 0 Å². The number of allylic oxidation sites excluding steroid dienone is 10. The zero-order valence-corrected chi connectivity index (χ0v) is 41.5. The summed E-state index contributed by atoms with van der Waals surface area (Å²) in [6.07, 6.45) is 56.8. The molecule has 0 amide bonds. The van der Waals surface area contributed by atoms with Gasteiger partial charge in [-0.25, -0.2) is 0 Å². The fourth-order valence-electron chi connectivity index (χ4n) is 7.41. The van der Waals surface area contributed by atoms with Crippen LogP contribution in [-0.2, 0) is 28.6 Å². The number of carboxylic acids is 1. The van der Waals surface area contributed by atoms with E-state index in [4.69, 9.17) is 14.2 Å². The molecule has 0 aromatic carbocycles. The minimum Gasteiger partial charge on any atom is -0.544 e. The lowest BCUT2D eigenvalue weighted by Crippen LogP contribution is -2.55. The third kappa shape index (κ3) is 44.0. The van der Waals surface area contributed by atoms with Crippen molar-refractivity contribution < 1.29 is 38.2 Å². The van der Waals surface area contributed by atoms with E-state index in [0.717, 1.165) is 77.0 Å². The molecule has 0 saturated heterocycles. The highest BCUT2D eigenvalue weighted by molar-refractivity contribution is 5.70. The monoisotopic (exact) mass is 884 g/mol. The van der Waals surface area contributed by atoms with Crippen LogP contribution in [0.3, 0.4) is 0 Å². The summed E-state index contributed by atoms with van der Waals surface area (Å²) < 4.78 is 17.2. The van der Waals surface area contributed by atoms with Gasteiger partial charge < -0.3 is 28.6 Å². The number of quaternary nitrogens is 1. The highest BCUT2D eigenvalue weighted by Crippen LogP contribution is 2.15. The van der Waals surface area contributed by atoms with E-state index in [1.165, 1.54) is 109 Å².